The van der Waals surface area contributed by atoms with Crippen LogP contribution < -0.4 is 5.56 Å². The van der Waals surface area contributed by atoms with Crippen molar-refractivity contribution in [1.82, 2.24) is 23.7 Å². The summed E-state index contributed by atoms with van der Waals surface area (Å²) >= 11 is 0. The molecule has 13 heteroatoms. The van der Waals surface area contributed by atoms with Crippen LogP contribution in [0.25, 0.3) is 39.2 Å². The molecule has 11 nitrogen and oxygen atoms in total. The summed E-state index contributed by atoms with van der Waals surface area (Å²) in [6, 6.07) is 13.9. The number of aryl methyl sites for hydroxylation is 1. The number of nitrogens with zero attached hydrogens (tertiary/aromatic N) is 6. The third-order valence-electron chi connectivity index (χ3n) is 8.70. The molecule has 0 aliphatic heterocycles. The third-order valence-corrected chi connectivity index (χ3v) is 11.5. The number of nitriles is 1. The minimum absolute atomic E-state index is 0.0181. The summed E-state index contributed by atoms with van der Waals surface area (Å²) in [5, 5.41) is 20.6. The van der Waals surface area contributed by atoms with E-state index in [0.29, 0.717) is 23.7 Å². The Kier molecular flexibility index (Phi) is 8.80. The summed E-state index contributed by atoms with van der Waals surface area (Å²) in [5.41, 5.74) is 3.59. The number of imidazole rings is 1. The van der Waals surface area contributed by atoms with Crippen LogP contribution in [0, 0.1) is 11.3 Å². The predicted octanol–water partition coefficient (Wildman–Crippen LogP) is 5.77. The second-order valence-electron chi connectivity index (χ2n) is 13.9. The lowest BCUT2D eigenvalue weighted by Gasteiger charge is -2.18. The summed E-state index contributed by atoms with van der Waals surface area (Å²) in [6.07, 6.45) is 6.89. The van der Waals surface area contributed by atoms with Crippen molar-refractivity contribution < 1.29 is 18.3 Å². The van der Waals surface area contributed by atoms with E-state index < -0.39 is 29.6 Å². The van der Waals surface area contributed by atoms with E-state index >= 15 is 0 Å². The van der Waals surface area contributed by atoms with Gasteiger partial charge in [-0.25, -0.2) is 18.4 Å². The monoisotopic (exact) mass is 684 g/mol. The maximum atomic E-state index is 14.5. The van der Waals surface area contributed by atoms with Gasteiger partial charge in [0.1, 0.15) is 23.9 Å². The van der Waals surface area contributed by atoms with Crippen molar-refractivity contribution in [2.24, 2.45) is 7.05 Å². The fraction of sp³-hybridized carbons (Fsp3) is 0.371. The van der Waals surface area contributed by atoms with Gasteiger partial charge in [-0.05, 0) is 67.3 Å². The van der Waals surface area contributed by atoms with E-state index in [-0.39, 0.29) is 34.3 Å². The Morgan fingerprint density at radius 3 is 2.50 bits per heavy atom. The van der Waals surface area contributed by atoms with Gasteiger partial charge in [-0.3, -0.25) is 9.36 Å². The first kappa shape index (κ1) is 33.5. The number of pyridine rings is 2. The Morgan fingerprint density at radius 1 is 1.15 bits per heavy atom. The van der Waals surface area contributed by atoms with Gasteiger partial charge in [0.25, 0.3) is 5.56 Å². The molecule has 0 radical (unpaired) electrons. The SMILES string of the molecule is CC(O)c1cc2c(S(C)(=O)=O)cn(-c3cc(-c4ccc(C#N)cc4-c4nccn4C)cc(C4CC4)n3)c(=O)c2n1COCC[Si](C)(C)C. The zero-order valence-corrected chi connectivity index (χ0v) is 29.9. The van der Waals surface area contributed by atoms with Crippen molar-refractivity contribution >= 4 is 28.8 Å². The zero-order valence-electron chi connectivity index (χ0n) is 28.1. The molecule has 1 aliphatic carbocycles. The lowest BCUT2D eigenvalue weighted by atomic mass is 9.96. The van der Waals surface area contributed by atoms with Gasteiger partial charge in [0, 0.05) is 74.8 Å². The number of fused-ring (bicyclic) bond motifs is 1. The van der Waals surface area contributed by atoms with Crippen LogP contribution in [-0.4, -0.2) is 58.1 Å². The summed E-state index contributed by atoms with van der Waals surface area (Å²) in [7, 11) is -3.35. The molecule has 1 N–H and O–H groups in total. The van der Waals surface area contributed by atoms with Crippen molar-refractivity contribution in [3.63, 3.8) is 0 Å². The van der Waals surface area contributed by atoms with Crippen LogP contribution in [0.2, 0.25) is 25.7 Å². The van der Waals surface area contributed by atoms with Gasteiger partial charge in [-0.1, -0.05) is 25.7 Å². The predicted molar refractivity (Wildman–Crippen MR) is 188 cm³/mol. The van der Waals surface area contributed by atoms with Crippen LogP contribution in [0.5, 0.6) is 0 Å². The third kappa shape index (κ3) is 6.66. The van der Waals surface area contributed by atoms with Gasteiger partial charge in [0.05, 0.1) is 22.6 Å². The smallest absolute Gasteiger partial charge is 0.280 e. The van der Waals surface area contributed by atoms with E-state index in [1.807, 2.05) is 29.9 Å². The van der Waals surface area contributed by atoms with Gasteiger partial charge in [-0.2, -0.15) is 5.26 Å². The van der Waals surface area contributed by atoms with Crippen molar-refractivity contribution in [3.8, 4) is 34.4 Å². The average Bonchev–Trinajstić information content (AvgIpc) is 3.67. The van der Waals surface area contributed by atoms with Gasteiger partial charge < -0.3 is 19.0 Å². The maximum Gasteiger partial charge on any atom is 0.280 e. The lowest BCUT2D eigenvalue weighted by molar-refractivity contribution is 0.0810. The van der Waals surface area contributed by atoms with E-state index in [9.17, 15) is 23.6 Å². The van der Waals surface area contributed by atoms with Gasteiger partial charge >= 0.3 is 0 Å². The number of sulfone groups is 1. The van der Waals surface area contributed by atoms with E-state index in [1.165, 1.54) is 10.8 Å². The minimum Gasteiger partial charge on any atom is -0.387 e. The van der Waals surface area contributed by atoms with Crippen LogP contribution in [0.3, 0.4) is 0 Å². The molecule has 0 bridgehead atoms. The fourth-order valence-corrected chi connectivity index (χ4v) is 7.52. The quantitative estimate of drug-likeness (QED) is 0.136. The summed E-state index contributed by atoms with van der Waals surface area (Å²) in [5.74, 6) is 1.15. The Labute approximate surface area is 281 Å². The van der Waals surface area contributed by atoms with Crippen molar-refractivity contribution in [3.05, 3.63) is 82.3 Å². The number of rotatable bonds is 11. The molecule has 1 atom stereocenters. The normalized spacial score (nSPS) is 14.4. The highest BCUT2D eigenvalue weighted by Crippen LogP contribution is 2.42. The van der Waals surface area contributed by atoms with Crippen LogP contribution in [0.1, 0.15) is 48.7 Å². The topological polar surface area (TPSA) is 145 Å². The van der Waals surface area contributed by atoms with Crippen molar-refractivity contribution in [1.29, 1.82) is 5.26 Å². The fourth-order valence-electron chi connectivity index (χ4n) is 5.91. The molecule has 5 aromatic rings. The van der Waals surface area contributed by atoms with Gasteiger partial charge in [-0.15, -0.1) is 0 Å². The number of hydrogen-bond acceptors (Lipinski definition) is 8. The second-order valence-corrected chi connectivity index (χ2v) is 21.5. The lowest BCUT2D eigenvalue weighted by Crippen LogP contribution is -2.25. The molecule has 1 aromatic carbocycles. The van der Waals surface area contributed by atoms with E-state index in [1.54, 1.807) is 42.0 Å². The minimum atomic E-state index is -3.83. The number of benzene rings is 1. The molecule has 0 amide bonds. The molecule has 0 saturated heterocycles. The number of hydrogen-bond donors (Lipinski definition) is 1. The van der Waals surface area contributed by atoms with Crippen molar-refractivity contribution in [2.45, 2.75) is 69.1 Å². The number of aromatic nitrogens is 5. The summed E-state index contributed by atoms with van der Waals surface area (Å²) in [4.78, 5) is 23.9. The number of ether oxygens (including phenoxy) is 1. The van der Waals surface area contributed by atoms with E-state index in [4.69, 9.17) is 9.72 Å². The van der Waals surface area contributed by atoms with Crippen LogP contribution in [0.4, 0.5) is 0 Å². The molecule has 1 aliphatic rings. The Bertz CT molecular complexity index is 2250. The van der Waals surface area contributed by atoms with E-state index in [2.05, 4.69) is 30.7 Å². The van der Waals surface area contributed by atoms with Crippen LogP contribution in [-0.2, 0) is 28.4 Å². The molecular formula is C35H40N6O5SSi. The molecule has 1 fully saturated rings. The van der Waals surface area contributed by atoms with Crippen LogP contribution in [0.15, 0.2) is 64.7 Å². The van der Waals surface area contributed by atoms with Crippen LogP contribution >= 0.6 is 0 Å². The molecular weight excluding hydrogens is 645 g/mol. The molecule has 0 spiro atoms. The molecule has 6 rings (SSSR count). The van der Waals surface area contributed by atoms with Crippen molar-refractivity contribution in [2.75, 3.05) is 12.9 Å². The number of aliphatic hydroxyl groups excluding tert-OH is 1. The molecule has 4 aromatic heterocycles. The Morgan fingerprint density at radius 2 is 1.90 bits per heavy atom. The van der Waals surface area contributed by atoms with Gasteiger partial charge in [0.2, 0.25) is 0 Å². The first-order valence-electron chi connectivity index (χ1n) is 16.0. The Hall–Kier alpha value is -4.35. The first-order valence-corrected chi connectivity index (χ1v) is 21.6. The maximum absolute atomic E-state index is 14.5. The molecule has 1 saturated carbocycles. The highest BCUT2D eigenvalue weighted by Gasteiger charge is 2.29. The highest BCUT2D eigenvalue weighted by molar-refractivity contribution is 7.91. The summed E-state index contributed by atoms with van der Waals surface area (Å²) < 4.78 is 37.3. The largest absolute Gasteiger partial charge is 0.387 e. The molecule has 250 valence electrons. The van der Waals surface area contributed by atoms with E-state index in [0.717, 1.165) is 47.5 Å². The summed E-state index contributed by atoms with van der Waals surface area (Å²) in [6.45, 7) is 8.77. The molecule has 48 heavy (non-hydrogen) atoms. The standard InChI is InChI=1S/C35H40N6O5SSi/c1-22(42)30-18-28-31(47(3,44)45)20-40(35(43)33(28)41(30)21-46-13-14-48(4,5)6)32-17-25(16-29(38-32)24-8-9-24)26-10-7-23(19-36)15-27(26)34-37-11-12-39(34)2/h7,10-12,15-18,20,22,24,42H,8-9,13-14,21H2,1-6H3. The first-order chi connectivity index (χ1) is 22.7. The van der Waals surface area contributed by atoms with Gasteiger partial charge in [0.15, 0.2) is 9.84 Å². The average molecular weight is 685 g/mol. The highest BCUT2D eigenvalue weighted by atomic mass is 32.2. The number of aliphatic hydroxyl groups is 1. The zero-order chi connectivity index (χ0) is 34.5. The molecule has 4 heterocycles. The second kappa shape index (κ2) is 12.6. The molecule has 1 unspecified atom stereocenters. The Balaban J connectivity index is 1.59.